The van der Waals surface area contributed by atoms with Gasteiger partial charge in [0.2, 0.25) is 0 Å². The minimum absolute atomic E-state index is 0.0513. The van der Waals surface area contributed by atoms with E-state index in [1.165, 1.54) is 12.5 Å². The van der Waals surface area contributed by atoms with Crippen molar-refractivity contribution in [2.45, 2.75) is 57.1 Å². The smallest absolute Gasteiger partial charge is 0.338 e. The molecule has 0 spiro atoms. The van der Waals surface area contributed by atoms with Crippen molar-refractivity contribution in [1.82, 2.24) is 0 Å². The number of nitrogens with one attached hydrogen (secondary N) is 1. The molecule has 0 radical (unpaired) electrons. The summed E-state index contributed by atoms with van der Waals surface area (Å²) in [5, 5.41) is 14.3. The molecule has 6 heteroatoms. The topological polar surface area (TPSA) is 81.5 Å². The van der Waals surface area contributed by atoms with E-state index in [1.807, 2.05) is 0 Å². The van der Waals surface area contributed by atoms with E-state index in [4.69, 9.17) is 4.74 Å². The Morgan fingerprint density at radius 3 is 2.55 bits per heavy atom. The van der Waals surface area contributed by atoms with Crippen LogP contribution in [0.2, 0.25) is 0 Å². The number of rotatable bonds is 5. The molecule has 0 amide bonds. The fraction of sp³-hybridized carbons (Fsp3) is 0.562. The van der Waals surface area contributed by atoms with E-state index in [-0.39, 0.29) is 17.4 Å². The minimum atomic E-state index is -0.465. The van der Waals surface area contributed by atoms with Gasteiger partial charge in [0, 0.05) is 12.1 Å². The summed E-state index contributed by atoms with van der Waals surface area (Å²) in [6.07, 6.45) is 7.10. The van der Waals surface area contributed by atoms with Gasteiger partial charge >= 0.3 is 5.97 Å². The maximum Gasteiger partial charge on any atom is 0.338 e. The summed E-state index contributed by atoms with van der Waals surface area (Å²) in [4.78, 5) is 22.9. The number of nitrogens with zero attached hydrogens (tertiary/aromatic N) is 1. The Kier molecular flexibility index (Phi) is 4.27. The Morgan fingerprint density at radius 1 is 1.18 bits per heavy atom. The van der Waals surface area contributed by atoms with E-state index in [0.717, 1.165) is 38.5 Å². The highest BCUT2D eigenvalue weighted by molar-refractivity contribution is 5.91. The number of anilines is 1. The molecule has 2 saturated carbocycles. The molecule has 0 saturated heterocycles. The van der Waals surface area contributed by atoms with Crippen LogP contribution in [0.25, 0.3) is 0 Å². The zero-order chi connectivity index (χ0) is 15.5. The number of benzene rings is 1. The van der Waals surface area contributed by atoms with Gasteiger partial charge in [0.05, 0.1) is 10.5 Å². The lowest BCUT2D eigenvalue weighted by atomic mass is 9.98. The predicted octanol–water partition coefficient (Wildman–Crippen LogP) is 3.66. The second kappa shape index (κ2) is 6.34. The zero-order valence-electron chi connectivity index (χ0n) is 12.4. The van der Waals surface area contributed by atoms with Crippen LogP contribution in [-0.2, 0) is 4.74 Å². The van der Waals surface area contributed by atoms with Gasteiger partial charge < -0.3 is 10.1 Å². The van der Waals surface area contributed by atoms with Crippen molar-refractivity contribution in [3.05, 3.63) is 33.9 Å². The average molecular weight is 304 g/mol. The molecule has 0 unspecified atom stereocenters. The lowest BCUT2D eigenvalue weighted by Crippen LogP contribution is -2.21. The summed E-state index contributed by atoms with van der Waals surface area (Å²) < 4.78 is 5.46. The first-order chi connectivity index (χ1) is 10.6. The lowest BCUT2D eigenvalue weighted by Gasteiger charge is -2.21. The van der Waals surface area contributed by atoms with Crippen LogP contribution in [0.4, 0.5) is 11.4 Å². The third-order valence-corrected chi connectivity index (χ3v) is 4.19. The van der Waals surface area contributed by atoms with Crippen molar-refractivity contribution in [3.63, 3.8) is 0 Å². The van der Waals surface area contributed by atoms with Crippen molar-refractivity contribution in [1.29, 1.82) is 0 Å². The monoisotopic (exact) mass is 304 g/mol. The number of carbonyl (C=O) groups is 1. The van der Waals surface area contributed by atoms with E-state index in [1.54, 1.807) is 12.1 Å². The Labute approximate surface area is 129 Å². The lowest BCUT2D eigenvalue weighted by molar-refractivity contribution is -0.384. The minimum Gasteiger partial charge on any atom is -0.459 e. The van der Waals surface area contributed by atoms with Gasteiger partial charge in [-0.3, -0.25) is 10.1 Å². The number of ether oxygens (including phenoxy) is 1. The molecule has 2 fully saturated rings. The molecule has 0 aromatic heterocycles. The molecule has 6 nitrogen and oxygen atoms in total. The molecule has 2 aliphatic carbocycles. The van der Waals surface area contributed by atoms with Crippen LogP contribution in [0.15, 0.2) is 18.2 Å². The molecule has 1 N–H and O–H groups in total. The second-order valence-electron chi connectivity index (χ2n) is 6.07. The van der Waals surface area contributed by atoms with Gasteiger partial charge in [0.1, 0.15) is 11.8 Å². The molecule has 0 atom stereocenters. The van der Waals surface area contributed by atoms with Crippen LogP contribution >= 0.6 is 0 Å². The van der Waals surface area contributed by atoms with Crippen LogP contribution in [0.3, 0.4) is 0 Å². The standard InChI is InChI=1S/C16H20N2O4/c19-16(22-13-4-2-1-3-5-13)11-6-9-14(17-12-7-8-12)15(10-11)18(20)21/h6,9-10,12-13,17H,1-5,7-8H2. The van der Waals surface area contributed by atoms with E-state index >= 15 is 0 Å². The highest BCUT2D eigenvalue weighted by Gasteiger charge is 2.26. The van der Waals surface area contributed by atoms with E-state index < -0.39 is 10.9 Å². The van der Waals surface area contributed by atoms with Crippen LogP contribution in [0.5, 0.6) is 0 Å². The number of hydrogen-bond donors (Lipinski definition) is 1. The van der Waals surface area contributed by atoms with Gasteiger partial charge in [-0.2, -0.15) is 0 Å². The molecule has 0 bridgehead atoms. The highest BCUT2D eigenvalue weighted by atomic mass is 16.6. The Balaban J connectivity index is 1.73. The fourth-order valence-electron chi connectivity index (χ4n) is 2.78. The fourth-order valence-corrected chi connectivity index (χ4v) is 2.78. The largest absolute Gasteiger partial charge is 0.459 e. The Hall–Kier alpha value is -2.11. The summed E-state index contributed by atoms with van der Waals surface area (Å²) in [5.41, 5.74) is 0.658. The van der Waals surface area contributed by atoms with Gasteiger partial charge in [-0.25, -0.2) is 4.79 Å². The molecular formula is C16H20N2O4. The summed E-state index contributed by atoms with van der Waals surface area (Å²) in [7, 11) is 0. The maximum atomic E-state index is 12.2. The quantitative estimate of drug-likeness (QED) is 0.510. The summed E-state index contributed by atoms with van der Waals surface area (Å²) in [6.45, 7) is 0. The molecule has 0 heterocycles. The van der Waals surface area contributed by atoms with Crippen LogP contribution in [-0.4, -0.2) is 23.0 Å². The molecule has 1 aromatic rings. The number of nitro groups is 1. The van der Waals surface area contributed by atoms with Crippen LogP contribution in [0, 0.1) is 10.1 Å². The number of carbonyl (C=O) groups excluding carboxylic acids is 1. The first kappa shape index (κ1) is 14.8. The van der Waals surface area contributed by atoms with Crippen molar-refractivity contribution in [2.75, 3.05) is 5.32 Å². The van der Waals surface area contributed by atoms with Crippen molar-refractivity contribution in [2.24, 2.45) is 0 Å². The third-order valence-electron chi connectivity index (χ3n) is 4.19. The van der Waals surface area contributed by atoms with Crippen LogP contribution in [0.1, 0.15) is 55.3 Å². The van der Waals surface area contributed by atoms with Crippen molar-refractivity contribution >= 4 is 17.3 Å². The van der Waals surface area contributed by atoms with Crippen molar-refractivity contribution in [3.8, 4) is 0 Å². The average Bonchev–Trinajstić information content (AvgIpc) is 3.32. The van der Waals surface area contributed by atoms with Crippen molar-refractivity contribution < 1.29 is 14.5 Å². The molecular weight excluding hydrogens is 284 g/mol. The molecule has 2 aliphatic rings. The van der Waals surface area contributed by atoms with Gasteiger partial charge in [-0.1, -0.05) is 6.42 Å². The third kappa shape index (κ3) is 3.55. The molecule has 0 aliphatic heterocycles. The summed E-state index contributed by atoms with van der Waals surface area (Å²) in [6, 6.07) is 4.84. The van der Waals surface area contributed by atoms with Gasteiger partial charge in [0.15, 0.2) is 0 Å². The zero-order valence-corrected chi connectivity index (χ0v) is 12.4. The predicted molar refractivity (Wildman–Crippen MR) is 82.0 cm³/mol. The van der Waals surface area contributed by atoms with E-state index in [9.17, 15) is 14.9 Å². The molecule has 118 valence electrons. The van der Waals surface area contributed by atoms with E-state index in [0.29, 0.717) is 11.7 Å². The maximum absolute atomic E-state index is 12.2. The number of nitro benzene ring substituents is 1. The SMILES string of the molecule is O=C(OC1CCCCC1)c1ccc(NC2CC2)c([N+](=O)[O-])c1. The normalized spacial score (nSPS) is 18.7. The number of hydrogen-bond acceptors (Lipinski definition) is 5. The highest BCUT2D eigenvalue weighted by Crippen LogP contribution is 2.32. The van der Waals surface area contributed by atoms with Gasteiger partial charge in [-0.05, 0) is 50.7 Å². The van der Waals surface area contributed by atoms with E-state index in [2.05, 4.69) is 5.32 Å². The molecule has 22 heavy (non-hydrogen) atoms. The molecule has 3 rings (SSSR count). The van der Waals surface area contributed by atoms with Gasteiger partial charge in [-0.15, -0.1) is 0 Å². The summed E-state index contributed by atoms with van der Waals surface area (Å²) >= 11 is 0. The van der Waals surface area contributed by atoms with Gasteiger partial charge in [0.25, 0.3) is 5.69 Å². The Bertz CT molecular complexity index is 578. The first-order valence-electron chi connectivity index (χ1n) is 7.89. The summed E-state index contributed by atoms with van der Waals surface area (Å²) in [5.74, 6) is -0.465. The first-order valence-corrected chi connectivity index (χ1v) is 7.89. The molecule has 1 aromatic carbocycles. The number of esters is 1. The second-order valence-corrected chi connectivity index (χ2v) is 6.07. The Morgan fingerprint density at radius 2 is 1.91 bits per heavy atom. The van der Waals surface area contributed by atoms with Crippen LogP contribution < -0.4 is 5.32 Å².